The Bertz CT molecular complexity index is 1210. The van der Waals surface area contributed by atoms with Gasteiger partial charge in [-0.3, -0.25) is 15.0 Å². The third kappa shape index (κ3) is 4.01. The lowest BCUT2D eigenvalue weighted by Crippen LogP contribution is -2.28. The number of fused-ring (bicyclic) bond motifs is 1. The quantitative estimate of drug-likeness (QED) is 0.410. The lowest BCUT2D eigenvalue weighted by atomic mass is 9.86. The first-order chi connectivity index (χ1) is 15.4. The standard InChI is InChI=1S/C22H26ClN7O2/c1-4-25-21-18(20(24)29-30-21)22(31)27-11(2)14-9-16(23)15-10-26-28-19(15)17(14)12-5-7-13(32-3)8-6-12/h4-5,9-11,13H,6-8H2,1-3H3,(H,26,28)(H,27,31)(H3,24,29,30). The summed E-state index contributed by atoms with van der Waals surface area (Å²) in [5.41, 5.74) is 10.1. The summed E-state index contributed by atoms with van der Waals surface area (Å²) >= 11 is 6.57. The summed E-state index contributed by atoms with van der Waals surface area (Å²) in [7, 11) is 1.74. The highest BCUT2D eigenvalue weighted by Crippen LogP contribution is 2.39. The van der Waals surface area contributed by atoms with E-state index in [0.29, 0.717) is 5.02 Å². The zero-order valence-electron chi connectivity index (χ0n) is 18.2. The second kappa shape index (κ2) is 9.13. The van der Waals surface area contributed by atoms with E-state index in [2.05, 4.69) is 36.8 Å². The summed E-state index contributed by atoms with van der Waals surface area (Å²) in [6, 6.07) is 1.53. The van der Waals surface area contributed by atoms with Gasteiger partial charge in [-0.05, 0) is 50.3 Å². The Hall–Kier alpha value is -3.17. The molecule has 9 nitrogen and oxygen atoms in total. The number of rotatable bonds is 6. The molecule has 1 aromatic carbocycles. The summed E-state index contributed by atoms with van der Waals surface area (Å²) in [6.07, 6.45) is 8.29. The van der Waals surface area contributed by atoms with Crippen molar-refractivity contribution >= 4 is 51.8 Å². The number of benzene rings is 1. The minimum Gasteiger partial charge on any atom is -0.383 e. The third-order valence-corrected chi connectivity index (χ3v) is 6.12. The summed E-state index contributed by atoms with van der Waals surface area (Å²) in [6.45, 7) is 3.66. The number of nitrogens with one attached hydrogen (secondary N) is 3. The Morgan fingerprint density at radius 2 is 2.28 bits per heavy atom. The molecule has 10 heteroatoms. The first-order valence-corrected chi connectivity index (χ1v) is 10.8. The van der Waals surface area contributed by atoms with Gasteiger partial charge in [0.2, 0.25) is 0 Å². The van der Waals surface area contributed by atoms with Gasteiger partial charge in [-0.2, -0.15) is 10.2 Å². The maximum Gasteiger partial charge on any atom is 0.259 e. The van der Waals surface area contributed by atoms with Gasteiger partial charge >= 0.3 is 0 Å². The highest BCUT2D eigenvalue weighted by atomic mass is 35.5. The summed E-state index contributed by atoms with van der Waals surface area (Å²) < 4.78 is 5.51. The average Bonchev–Trinajstić information content (AvgIpc) is 3.41. The molecule has 0 radical (unpaired) electrons. The SMILES string of the molecule is CC=Nc1n[nH]c(N)c1C(=O)NC(C)c1cc(Cl)c2cn[nH]c2c1C1=CCC(OC)CC1. The van der Waals surface area contributed by atoms with Gasteiger partial charge in [-0.15, -0.1) is 0 Å². The molecule has 32 heavy (non-hydrogen) atoms. The normalized spacial score (nSPS) is 17.6. The van der Waals surface area contributed by atoms with E-state index in [-0.39, 0.29) is 35.3 Å². The number of nitrogens with two attached hydrogens (primary N) is 1. The van der Waals surface area contributed by atoms with E-state index in [4.69, 9.17) is 22.1 Å². The maximum absolute atomic E-state index is 13.1. The van der Waals surface area contributed by atoms with Crippen molar-refractivity contribution in [3.8, 4) is 0 Å². The predicted molar refractivity (Wildman–Crippen MR) is 126 cm³/mol. The van der Waals surface area contributed by atoms with E-state index in [1.165, 1.54) is 5.57 Å². The summed E-state index contributed by atoms with van der Waals surface area (Å²) in [5.74, 6) is 0.0453. The fourth-order valence-electron chi connectivity index (χ4n) is 4.16. The van der Waals surface area contributed by atoms with Crippen molar-refractivity contribution in [1.82, 2.24) is 25.7 Å². The maximum atomic E-state index is 13.1. The zero-order valence-corrected chi connectivity index (χ0v) is 19.0. The van der Waals surface area contributed by atoms with E-state index < -0.39 is 0 Å². The van der Waals surface area contributed by atoms with Gasteiger partial charge in [0.15, 0.2) is 5.82 Å². The number of hydrogen-bond donors (Lipinski definition) is 4. The van der Waals surface area contributed by atoms with Gasteiger partial charge in [0.25, 0.3) is 5.91 Å². The highest BCUT2D eigenvalue weighted by molar-refractivity contribution is 6.35. The fourth-order valence-corrected chi connectivity index (χ4v) is 4.42. The lowest BCUT2D eigenvalue weighted by Gasteiger charge is -2.25. The first kappa shape index (κ1) is 22.0. The van der Waals surface area contributed by atoms with Crippen molar-refractivity contribution in [3.63, 3.8) is 0 Å². The number of hydrogen-bond acceptors (Lipinski definition) is 6. The number of carbonyl (C=O) groups is 1. The monoisotopic (exact) mass is 455 g/mol. The molecule has 2 atom stereocenters. The first-order valence-electron chi connectivity index (χ1n) is 10.5. The number of nitrogen functional groups attached to an aromatic ring is 1. The molecule has 0 spiro atoms. The van der Waals surface area contributed by atoms with Crippen LogP contribution >= 0.6 is 11.6 Å². The fraction of sp³-hybridized carbons (Fsp3) is 0.364. The molecule has 0 bridgehead atoms. The molecule has 5 N–H and O–H groups in total. The number of methoxy groups -OCH3 is 1. The number of carbonyl (C=O) groups excluding carboxylic acids is 1. The molecule has 0 saturated heterocycles. The van der Waals surface area contributed by atoms with Crippen LogP contribution in [0.3, 0.4) is 0 Å². The van der Waals surface area contributed by atoms with Crippen LogP contribution in [-0.4, -0.2) is 45.7 Å². The molecule has 3 aromatic rings. The number of allylic oxidation sites excluding steroid dienone is 1. The van der Waals surface area contributed by atoms with Crippen LogP contribution in [0, 0.1) is 0 Å². The van der Waals surface area contributed by atoms with E-state index in [1.807, 2.05) is 13.0 Å². The Morgan fingerprint density at radius 1 is 1.47 bits per heavy atom. The van der Waals surface area contributed by atoms with E-state index in [9.17, 15) is 4.79 Å². The van der Waals surface area contributed by atoms with Crippen LogP contribution in [-0.2, 0) is 4.74 Å². The molecule has 0 aliphatic heterocycles. The van der Waals surface area contributed by atoms with E-state index in [0.717, 1.165) is 41.3 Å². The van der Waals surface area contributed by atoms with Crippen LogP contribution in [0.2, 0.25) is 5.02 Å². The van der Waals surface area contributed by atoms with Crippen molar-refractivity contribution < 1.29 is 9.53 Å². The van der Waals surface area contributed by atoms with Crippen molar-refractivity contribution in [1.29, 1.82) is 0 Å². The minimum atomic E-state index is -0.367. The molecular formula is C22H26ClN7O2. The number of nitrogens with zero attached hydrogens (tertiary/aromatic N) is 3. The highest BCUT2D eigenvalue weighted by Gasteiger charge is 2.26. The van der Waals surface area contributed by atoms with Gasteiger partial charge in [0, 0.05) is 24.3 Å². The second-order valence-corrected chi connectivity index (χ2v) is 8.17. The van der Waals surface area contributed by atoms with Crippen molar-refractivity contribution in [3.05, 3.63) is 40.1 Å². The van der Waals surface area contributed by atoms with Gasteiger partial charge in [0.1, 0.15) is 11.4 Å². The summed E-state index contributed by atoms with van der Waals surface area (Å²) in [5, 5.41) is 18.3. The smallest absolute Gasteiger partial charge is 0.259 e. The van der Waals surface area contributed by atoms with Gasteiger partial charge in [0.05, 0.1) is 28.9 Å². The van der Waals surface area contributed by atoms with Crippen LogP contribution in [0.5, 0.6) is 0 Å². The molecule has 1 aliphatic rings. The molecule has 168 valence electrons. The molecule has 2 unspecified atom stereocenters. The molecule has 2 heterocycles. The van der Waals surface area contributed by atoms with Crippen molar-refractivity contribution in [2.24, 2.45) is 4.99 Å². The third-order valence-electron chi connectivity index (χ3n) is 5.80. The molecule has 0 fully saturated rings. The van der Waals surface area contributed by atoms with Gasteiger partial charge in [-0.25, -0.2) is 4.99 Å². The topological polar surface area (TPSA) is 134 Å². The van der Waals surface area contributed by atoms with Gasteiger partial charge < -0.3 is 15.8 Å². The lowest BCUT2D eigenvalue weighted by molar-refractivity contribution is 0.0941. The minimum absolute atomic E-state index is 0.165. The number of H-pyrrole nitrogens is 2. The predicted octanol–water partition coefficient (Wildman–Crippen LogP) is 4.32. The van der Waals surface area contributed by atoms with Crippen molar-refractivity contribution in [2.45, 2.75) is 45.3 Å². The largest absolute Gasteiger partial charge is 0.383 e. The average molecular weight is 456 g/mol. The molecule has 2 aromatic heterocycles. The number of aromatic nitrogens is 4. The molecule has 0 saturated carbocycles. The molecule has 1 aliphatic carbocycles. The Balaban J connectivity index is 1.73. The Morgan fingerprint density at radius 3 is 2.97 bits per heavy atom. The number of ether oxygens (including phenoxy) is 1. The Labute approximate surface area is 190 Å². The van der Waals surface area contributed by atoms with Crippen LogP contribution in [0.4, 0.5) is 11.6 Å². The number of amides is 1. The van der Waals surface area contributed by atoms with Crippen molar-refractivity contribution in [2.75, 3.05) is 12.8 Å². The molecule has 4 rings (SSSR count). The second-order valence-electron chi connectivity index (χ2n) is 7.76. The van der Waals surface area contributed by atoms with Gasteiger partial charge in [-0.1, -0.05) is 17.7 Å². The number of aromatic amines is 2. The van der Waals surface area contributed by atoms with E-state index >= 15 is 0 Å². The van der Waals surface area contributed by atoms with Crippen LogP contribution in [0.15, 0.2) is 23.3 Å². The van der Waals surface area contributed by atoms with E-state index in [1.54, 1.807) is 26.4 Å². The zero-order chi connectivity index (χ0) is 22.8. The van der Waals surface area contributed by atoms with Crippen LogP contribution in [0.25, 0.3) is 16.5 Å². The molecular weight excluding hydrogens is 430 g/mol. The molecule has 1 amide bonds. The number of anilines is 1. The number of aliphatic imine (C=N–C) groups is 1. The number of halogens is 1. The Kier molecular flexibility index (Phi) is 6.29. The summed E-state index contributed by atoms with van der Waals surface area (Å²) in [4.78, 5) is 17.2. The van der Waals surface area contributed by atoms with Crippen LogP contribution < -0.4 is 11.1 Å². The van der Waals surface area contributed by atoms with Crippen LogP contribution in [0.1, 0.15) is 60.6 Å².